The maximum atomic E-state index is 13.5. The van der Waals surface area contributed by atoms with Gasteiger partial charge in [-0.1, -0.05) is 29.5 Å². The molecule has 0 bridgehead atoms. The van der Waals surface area contributed by atoms with E-state index in [0.717, 1.165) is 11.3 Å². The summed E-state index contributed by atoms with van der Waals surface area (Å²) in [5, 5.41) is 2.98. The third kappa shape index (κ3) is 3.86. The Labute approximate surface area is 199 Å². The van der Waals surface area contributed by atoms with Crippen LogP contribution in [0.2, 0.25) is 0 Å². The normalized spacial score (nSPS) is 15.9. The second kappa shape index (κ2) is 8.46. The number of furan rings is 2. The summed E-state index contributed by atoms with van der Waals surface area (Å²) in [6, 6.07) is 14.1. The first-order valence-electron chi connectivity index (χ1n) is 10.8. The maximum absolute atomic E-state index is 13.5. The number of para-hydroxylation sites is 1. The van der Waals surface area contributed by atoms with E-state index in [1.165, 1.54) is 15.9 Å². The van der Waals surface area contributed by atoms with E-state index in [1.54, 1.807) is 19.1 Å². The van der Waals surface area contributed by atoms with Crippen molar-refractivity contribution in [2.24, 2.45) is 4.99 Å². The molecule has 4 aromatic rings. The summed E-state index contributed by atoms with van der Waals surface area (Å²) in [5.74, 6) is 2.21. The number of hydrogen-bond donors (Lipinski definition) is 1. The quantitative estimate of drug-likeness (QED) is 0.485. The highest BCUT2D eigenvalue weighted by atomic mass is 32.1. The first-order chi connectivity index (χ1) is 16.3. The zero-order valence-corrected chi connectivity index (χ0v) is 20.0. The van der Waals surface area contributed by atoms with Gasteiger partial charge >= 0.3 is 0 Å². The van der Waals surface area contributed by atoms with Gasteiger partial charge in [-0.15, -0.1) is 0 Å². The molecule has 4 heterocycles. The average Bonchev–Trinajstić information content (AvgIpc) is 3.48. The molecule has 1 aromatic carbocycles. The summed E-state index contributed by atoms with van der Waals surface area (Å²) < 4.78 is 13.6. The molecule has 1 aliphatic heterocycles. The van der Waals surface area contributed by atoms with Gasteiger partial charge in [-0.25, -0.2) is 4.99 Å². The second-order valence-electron chi connectivity index (χ2n) is 8.25. The Kier molecular flexibility index (Phi) is 5.45. The maximum Gasteiger partial charge on any atom is 0.271 e. The predicted molar refractivity (Wildman–Crippen MR) is 130 cm³/mol. The van der Waals surface area contributed by atoms with E-state index in [-0.39, 0.29) is 11.5 Å². The molecule has 5 rings (SSSR count). The van der Waals surface area contributed by atoms with Crippen LogP contribution in [0.1, 0.15) is 41.6 Å². The summed E-state index contributed by atoms with van der Waals surface area (Å²) in [7, 11) is 0. The largest absolute Gasteiger partial charge is 0.464 e. The van der Waals surface area contributed by atoms with Gasteiger partial charge in [0.1, 0.15) is 29.1 Å². The molecule has 1 N–H and O–H groups in total. The molecule has 172 valence electrons. The fourth-order valence-electron chi connectivity index (χ4n) is 4.04. The first-order valence-corrected chi connectivity index (χ1v) is 11.7. The van der Waals surface area contributed by atoms with E-state index >= 15 is 0 Å². The molecular weight excluding hydrogens is 450 g/mol. The minimum atomic E-state index is -0.741. The molecule has 0 radical (unpaired) electrons. The van der Waals surface area contributed by atoms with E-state index in [0.29, 0.717) is 43.6 Å². The molecule has 7 nitrogen and oxygen atoms in total. The Morgan fingerprint density at radius 3 is 2.44 bits per heavy atom. The highest BCUT2D eigenvalue weighted by Gasteiger charge is 2.34. The molecule has 1 atom stereocenters. The van der Waals surface area contributed by atoms with Gasteiger partial charge in [0.05, 0.1) is 15.8 Å². The number of carbonyl (C=O) groups excluding carboxylic acids is 1. The lowest BCUT2D eigenvalue weighted by molar-refractivity contribution is -0.113. The van der Waals surface area contributed by atoms with Crippen molar-refractivity contribution in [3.63, 3.8) is 0 Å². The summed E-state index contributed by atoms with van der Waals surface area (Å²) in [6.45, 7) is 7.38. The Bertz CT molecular complexity index is 1630. The topological polar surface area (TPSA) is 89.7 Å². The number of amides is 1. The van der Waals surface area contributed by atoms with E-state index in [2.05, 4.69) is 10.3 Å². The molecule has 34 heavy (non-hydrogen) atoms. The van der Waals surface area contributed by atoms with Crippen LogP contribution in [-0.4, -0.2) is 10.5 Å². The lowest BCUT2D eigenvalue weighted by atomic mass is 10.00. The number of nitrogens with one attached hydrogen (secondary N) is 1. The van der Waals surface area contributed by atoms with Crippen LogP contribution in [-0.2, 0) is 4.79 Å². The number of nitrogens with zero attached hydrogens (tertiary/aromatic N) is 2. The van der Waals surface area contributed by atoms with Crippen molar-refractivity contribution >= 4 is 29.0 Å². The highest BCUT2D eigenvalue weighted by molar-refractivity contribution is 7.07. The monoisotopic (exact) mass is 473 g/mol. The van der Waals surface area contributed by atoms with Gasteiger partial charge < -0.3 is 14.2 Å². The minimum Gasteiger partial charge on any atom is -0.464 e. The van der Waals surface area contributed by atoms with E-state index < -0.39 is 6.04 Å². The number of benzene rings is 1. The first kappa shape index (κ1) is 21.9. The number of carbonyl (C=O) groups is 1. The minimum absolute atomic E-state index is 0.259. The molecule has 0 spiro atoms. The van der Waals surface area contributed by atoms with Crippen LogP contribution in [0.4, 0.5) is 5.69 Å². The average molecular weight is 474 g/mol. The van der Waals surface area contributed by atoms with Crippen molar-refractivity contribution in [3.05, 3.63) is 108 Å². The van der Waals surface area contributed by atoms with Crippen LogP contribution in [0.25, 0.3) is 6.08 Å². The Hall–Kier alpha value is -3.91. The number of anilines is 1. The highest BCUT2D eigenvalue weighted by Crippen LogP contribution is 2.32. The number of hydrogen-bond acceptors (Lipinski definition) is 6. The third-order valence-electron chi connectivity index (χ3n) is 5.72. The van der Waals surface area contributed by atoms with E-state index in [9.17, 15) is 9.59 Å². The van der Waals surface area contributed by atoms with E-state index in [1.807, 2.05) is 63.2 Å². The van der Waals surface area contributed by atoms with Crippen molar-refractivity contribution in [2.75, 3.05) is 5.32 Å². The fourth-order valence-corrected chi connectivity index (χ4v) is 5.07. The third-order valence-corrected chi connectivity index (χ3v) is 6.71. The van der Waals surface area contributed by atoms with Crippen LogP contribution < -0.4 is 20.2 Å². The molecule has 1 aliphatic rings. The van der Waals surface area contributed by atoms with Crippen LogP contribution in [0, 0.1) is 20.8 Å². The van der Waals surface area contributed by atoms with Gasteiger partial charge in [-0.2, -0.15) is 0 Å². The lowest BCUT2D eigenvalue weighted by Gasteiger charge is -2.23. The van der Waals surface area contributed by atoms with Crippen molar-refractivity contribution in [3.8, 4) is 0 Å². The number of fused-ring (bicyclic) bond motifs is 1. The van der Waals surface area contributed by atoms with Gasteiger partial charge in [0.15, 0.2) is 4.80 Å². The van der Waals surface area contributed by atoms with Crippen LogP contribution in [0.5, 0.6) is 0 Å². The summed E-state index contributed by atoms with van der Waals surface area (Å²) in [5.41, 5.74) is 2.28. The van der Waals surface area contributed by atoms with Crippen LogP contribution >= 0.6 is 11.3 Å². The molecule has 1 unspecified atom stereocenters. The number of rotatable bonds is 4. The van der Waals surface area contributed by atoms with Gasteiger partial charge in [0.2, 0.25) is 0 Å². The summed E-state index contributed by atoms with van der Waals surface area (Å²) in [6.07, 6.45) is 1.70. The Balaban J connectivity index is 1.67. The van der Waals surface area contributed by atoms with Gasteiger partial charge in [0, 0.05) is 11.8 Å². The SMILES string of the molecule is CC1=C(C(=O)Nc2ccccc2C)C(c2ccc(C)o2)n2c(sc(=Cc3ccc(C)o3)c2=O)=N1. The van der Waals surface area contributed by atoms with Crippen LogP contribution in [0.15, 0.2) is 78.4 Å². The molecule has 0 saturated carbocycles. The summed E-state index contributed by atoms with van der Waals surface area (Å²) >= 11 is 1.26. The molecule has 1 amide bonds. The van der Waals surface area contributed by atoms with Crippen molar-refractivity contribution < 1.29 is 13.6 Å². The zero-order valence-electron chi connectivity index (χ0n) is 19.2. The number of aryl methyl sites for hydroxylation is 3. The van der Waals surface area contributed by atoms with E-state index in [4.69, 9.17) is 8.83 Å². The summed E-state index contributed by atoms with van der Waals surface area (Å²) in [4.78, 5) is 32.2. The standard InChI is InChI=1S/C26H23N3O4S/c1-14-7-5-6-8-19(14)28-24(30)22-17(4)27-26-29(23(22)20-12-10-16(3)33-20)25(31)21(34-26)13-18-11-9-15(2)32-18/h5-13,23H,1-4H3,(H,28,30). The van der Waals surface area contributed by atoms with Crippen LogP contribution in [0.3, 0.4) is 0 Å². The number of aromatic nitrogens is 1. The Morgan fingerprint density at radius 2 is 1.76 bits per heavy atom. The van der Waals surface area contributed by atoms with Gasteiger partial charge in [0.25, 0.3) is 11.5 Å². The molecule has 0 aliphatic carbocycles. The molecular formula is C26H23N3O4S. The van der Waals surface area contributed by atoms with Crippen molar-refractivity contribution in [2.45, 2.75) is 33.7 Å². The number of allylic oxidation sites excluding steroid dienone is 1. The molecule has 8 heteroatoms. The lowest BCUT2D eigenvalue weighted by Crippen LogP contribution is -2.40. The Morgan fingerprint density at radius 1 is 1.03 bits per heavy atom. The molecule has 0 saturated heterocycles. The van der Waals surface area contributed by atoms with Gasteiger partial charge in [-0.05, 0) is 63.6 Å². The smallest absolute Gasteiger partial charge is 0.271 e. The fraction of sp³-hybridized carbons (Fsp3) is 0.192. The zero-order chi connectivity index (χ0) is 24.0. The van der Waals surface area contributed by atoms with Crippen molar-refractivity contribution in [1.82, 2.24) is 4.57 Å². The second-order valence-corrected chi connectivity index (χ2v) is 9.26. The molecule has 3 aromatic heterocycles. The predicted octanol–water partition coefficient (Wildman–Crippen LogP) is 3.99. The van der Waals surface area contributed by atoms with Crippen molar-refractivity contribution in [1.29, 1.82) is 0 Å². The number of thiazole rings is 1. The van der Waals surface area contributed by atoms with Gasteiger partial charge in [-0.3, -0.25) is 14.2 Å². The molecule has 0 fully saturated rings.